The van der Waals surface area contributed by atoms with Crippen LogP contribution in [0.25, 0.3) is 0 Å². The number of hydrogen-bond acceptors (Lipinski definition) is 4. The highest BCUT2D eigenvalue weighted by atomic mass is 35.5. The molecule has 0 unspecified atom stereocenters. The van der Waals surface area contributed by atoms with Crippen LogP contribution in [0.3, 0.4) is 0 Å². The summed E-state index contributed by atoms with van der Waals surface area (Å²) in [6.07, 6.45) is 1.66. The zero-order chi connectivity index (χ0) is 18.6. The fourth-order valence-electron chi connectivity index (χ4n) is 2.44. The van der Waals surface area contributed by atoms with Crippen LogP contribution in [0.15, 0.2) is 22.7 Å². The molecule has 0 N–H and O–H groups in total. The molecule has 5 nitrogen and oxygen atoms in total. The van der Waals surface area contributed by atoms with Gasteiger partial charge in [-0.15, -0.1) is 0 Å². The Morgan fingerprint density at radius 2 is 2.00 bits per heavy atom. The monoisotopic (exact) mass is 383 g/mol. The van der Waals surface area contributed by atoms with E-state index in [1.807, 2.05) is 26.8 Å². The van der Waals surface area contributed by atoms with Crippen LogP contribution < -0.4 is 0 Å². The van der Waals surface area contributed by atoms with Crippen LogP contribution in [0.2, 0.25) is 10.0 Å². The first-order valence-corrected chi connectivity index (χ1v) is 9.08. The summed E-state index contributed by atoms with van der Waals surface area (Å²) in [5, 5.41) is 5.07. The molecule has 136 valence electrons. The molecule has 0 saturated carbocycles. The van der Waals surface area contributed by atoms with Gasteiger partial charge in [0.2, 0.25) is 11.8 Å². The predicted octanol–water partition coefficient (Wildman–Crippen LogP) is 5.04. The predicted molar refractivity (Wildman–Crippen MR) is 99.0 cm³/mol. The van der Waals surface area contributed by atoms with Crippen molar-refractivity contribution in [2.24, 2.45) is 0 Å². The second kappa shape index (κ2) is 8.68. The second-order valence-corrected chi connectivity index (χ2v) is 7.24. The number of aromatic nitrogens is 2. The number of carbonyl (C=O) groups excluding carboxylic acids is 1. The van der Waals surface area contributed by atoms with Crippen molar-refractivity contribution < 1.29 is 9.32 Å². The molecule has 0 radical (unpaired) electrons. The lowest BCUT2D eigenvalue weighted by molar-refractivity contribution is -0.131. The first-order valence-electron chi connectivity index (χ1n) is 8.32. The van der Waals surface area contributed by atoms with Crippen LogP contribution in [-0.4, -0.2) is 28.0 Å². The Morgan fingerprint density at radius 3 is 2.60 bits per heavy atom. The molecule has 2 rings (SSSR count). The average molecular weight is 384 g/mol. The molecule has 1 amide bonds. The van der Waals surface area contributed by atoms with Crippen LogP contribution in [-0.2, 0) is 11.2 Å². The Bertz CT molecular complexity index is 731. The lowest BCUT2D eigenvalue weighted by Gasteiger charge is -2.26. The standard InChI is InChI=1S/C18H23Cl2N3O2/c1-11(2)18-21-16(25-22-18)6-5-7-17(24)23(4)12(3)14-9-8-13(19)10-15(14)20/h8-12H,5-7H2,1-4H3/t12-/m0/s1. The summed E-state index contributed by atoms with van der Waals surface area (Å²) < 4.78 is 5.20. The van der Waals surface area contributed by atoms with E-state index < -0.39 is 0 Å². The molecule has 0 aliphatic heterocycles. The fraction of sp³-hybridized carbons (Fsp3) is 0.500. The van der Waals surface area contributed by atoms with E-state index in [9.17, 15) is 4.79 Å². The molecule has 1 heterocycles. The van der Waals surface area contributed by atoms with Gasteiger partial charge in [0.15, 0.2) is 5.82 Å². The number of benzene rings is 1. The number of nitrogens with zero attached hydrogens (tertiary/aromatic N) is 3. The highest BCUT2D eigenvalue weighted by molar-refractivity contribution is 6.35. The van der Waals surface area contributed by atoms with Crippen molar-refractivity contribution in [3.63, 3.8) is 0 Å². The van der Waals surface area contributed by atoms with E-state index in [0.717, 1.165) is 5.56 Å². The van der Waals surface area contributed by atoms with Crippen LogP contribution >= 0.6 is 23.2 Å². The SMILES string of the molecule is CC(C)c1noc(CCCC(=O)N(C)[C@@H](C)c2ccc(Cl)cc2Cl)n1. The molecule has 0 fully saturated rings. The van der Waals surface area contributed by atoms with Crippen molar-refractivity contribution in [3.8, 4) is 0 Å². The minimum atomic E-state index is -0.131. The summed E-state index contributed by atoms with van der Waals surface area (Å²) in [6.45, 7) is 5.97. The summed E-state index contributed by atoms with van der Waals surface area (Å²) >= 11 is 12.2. The minimum Gasteiger partial charge on any atom is -0.339 e. The van der Waals surface area contributed by atoms with Gasteiger partial charge in [-0.3, -0.25) is 4.79 Å². The van der Waals surface area contributed by atoms with Crippen molar-refractivity contribution in [3.05, 3.63) is 45.5 Å². The van der Waals surface area contributed by atoms with Crippen molar-refractivity contribution >= 4 is 29.1 Å². The van der Waals surface area contributed by atoms with E-state index in [1.165, 1.54) is 0 Å². The van der Waals surface area contributed by atoms with Gasteiger partial charge in [0.25, 0.3) is 0 Å². The smallest absolute Gasteiger partial charge is 0.226 e. The molecule has 2 aromatic rings. The first-order chi connectivity index (χ1) is 11.8. The maximum atomic E-state index is 12.4. The molecular formula is C18H23Cl2N3O2. The highest BCUT2D eigenvalue weighted by Crippen LogP contribution is 2.29. The quantitative estimate of drug-likeness (QED) is 0.671. The minimum absolute atomic E-state index is 0.0436. The van der Waals surface area contributed by atoms with E-state index in [2.05, 4.69) is 10.1 Å². The molecule has 0 spiro atoms. The molecule has 0 aliphatic carbocycles. The number of carbonyl (C=O) groups is 1. The third kappa shape index (κ3) is 5.19. The van der Waals surface area contributed by atoms with E-state index in [1.54, 1.807) is 24.1 Å². The van der Waals surface area contributed by atoms with Gasteiger partial charge < -0.3 is 9.42 Å². The zero-order valence-corrected chi connectivity index (χ0v) is 16.4. The lowest BCUT2D eigenvalue weighted by atomic mass is 10.1. The van der Waals surface area contributed by atoms with Crippen LogP contribution in [0.4, 0.5) is 0 Å². The van der Waals surface area contributed by atoms with Gasteiger partial charge in [-0.05, 0) is 31.0 Å². The number of rotatable bonds is 7. The molecule has 7 heteroatoms. The summed E-state index contributed by atoms with van der Waals surface area (Å²) in [6, 6.07) is 5.19. The number of aryl methyl sites for hydroxylation is 1. The molecule has 25 heavy (non-hydrogen) atoms. The fourth-order valence-corrected chi connectivity index (χ4v) is 3.00. The summed E-state index contributed by atoms with van der Waals surface area (Å²) in [5.74, 6) is 1.55. The van der Waals surface area contributed by atoms with Crippen molar-refractivity contribution in [1.29, 1.82) is 0 Å². The first kappa shape index (κ1) is 19.7. The van der Waals surface area contributed by atoms with Crippen LogP contribution in [0.5, 0.6) is 0 Å². The maximum Gasteiger partial charge on any atom is 0.226 e. The van der Waals surface area contributed by atoms with Gasteiger partial charge in [0.1, 0.15) is 0 Å². The molecule has 0 aliphatic rings. The molecule has 1 atom stereocenters. The maximum absolute atomic E-state index is 12.4. The van der Waals surface area contributed by atoms with E-state index in [-0.39, 0.29) is 17.9 Å². The Kier molecular flexibility index (Phi) is 6.85. The van der Waals surface area contributed by atoms with Gasteiger partial charge in [0.05, 0.1) is 6.04 Å². The Morgan fingerprint density at radius 1 is 1.28 bits per heavy atom. The number of amides is 1. The van der Waals surface area contributed by atoms with Gasteiger partial charge in [-0.2, -0.15) is 4.98 Å². The van der Waals surface area contributed by atoms with Crippen LogP contribution in [0, 0.1) is 0 Å². The van der Waals surface area contributed by atoms with Gasteiger partial charge in [0, 0.05) is 35.9 Å². The number of hydrogen-bond donors (Lipinski definition) is 0. The van der Waals surface area contributed by atoms with Crippen LogP contribution in [0.1, 0.15) is 62.9 Å². The van der Waals surface area contributed by atoms with Gasteiger partial charge >= 0.3 is 0 Å². The molecule has 0 bridgehead atoms. The van der Waals surface area contributed by atoms with E-state index in [4.69, 9.17) is 27.7 Å². The third-order valence-electron chi connectivity index (χ3n) is 4.17. The third-order valence-corrected chi connectivity index (χ3v) is 4.73. The van der Waals surface area contributed by atoms with Crippen molar-refractivity contribution in [1.82, 2.24) is 15.0 Å². The molecule has 0 saturated heterocycles. The zero-order valence-electron chi connectivity index (χ0n) is 14.9. The summed E-state index contributed by atoms with van der Waals surface area (Å²) in [5.41, 5.74) is 0.875. The molecule has 1 aromatic carbocycles. The Balaban J connectivity index is 1.88. The van der Waals surface area contributed by atoms with Gasteiger partial charge in [-0.1, -0.05) is 48.3 Å². The van der Waals surface area contributed by atoms with Crippen molar-refractivity contribution in [2.45, 2.75) is 52.0 Å². The summed E-state index contributed by atoms with van der Waals surface area (Å²) in [4.78, 5) is 18.4. The average Bonchev–Trinajstić information content (AvgIpc) is 3.02. The number of halogens is 2. The van der Waals surface area contributed by atoms with Gasteiger partial charge in [-0.25, -0.2) is 0 Å². The topological polar surface area (TPSA) is 59.2 Å². The largest absolute Gasteiger partial charge is 0.339 e. The Hall–Kier alpha value is -1.59. The molecule has 1 aromatic heterocycles. The molecular weight excluding hydrogens is 361 g/mol. The van der Waals surface area contributed by atoms with E-state index in [0.29, 0.717) is 41.0 Å². The van der Waals surface area contributed by atoms with E-state index >= 15 is 0 Å². The lowest BCUT2D eigenvalue weighted by Crippen LogP contribution is -2.29. The second-order valence-electron chi connectivity index (χ2n) is 6.40. The Labute approximate surface area is 158 Å². The normalized spacial score (nSPS) is 12.4. The highest BCUT2D eigenvalue weighted by Gasteiger charge is 2.20. The van der Waals surface area contributed by atoms with Crippen molar-refractivity contribution in [2.75, 3.05) is 7.05 Å². The summed E-state index contributed by atoms with van der Waals surface area (Å²) in [7, 11) is 1.78.